The lowest BCUT2D eigenvalue weighted by atomic mass is 9.86. The number of piperidine rings is 2. The van der Waals surface area contributed by atoms with Crippen LogP contribution in [0, 0.1) is 18.4 Å². The highest BCUT2D eigenvalue weighted by atomic mass is 16.5. The van der Waals surface area contributed by atoms with Crippen LogP contribution in [0.1, 0.15) is 76.1 Å². The fraction of sp³-hybridized carbons (Fsp3) is 0.621. The Morgan fingerprint density at radius 2 is 1.95 bits per heavy atom. The van der Waals surface area contributed by atoms with Crippen molar-refractivity contribution in [3.63, 3.8) is 0 Å². The van der Waals surface area contributed by atoms with E-state index in [0.717, 1.165) is 82.5 Å². The summed E-state index contributed by atoms with van der Waals surface area (Å²) in [6.07, 6.45) is 10.3. The molecule has 0 bridgehead atoms. The van der Waals surface area contributed by atoms with Crippen LogP contribution >= 0.6 is 0 Å². The van der Waals surface area contributed by atoms with Crippen molar-refractivity contribution in [2.24, 2.45) is 11.8 Å². The van der Waals surface area contributed by atoms with Gasteiger partial charge >= 0.3 is 6.01 Å². The molecule has 0 aromatic carbocycles. The molecule has 1 amide bonds. The number of amides is 1. The number of hydrogen-bond donors (Lipinski definition) is 0. The molecule has 3 aliphatic rings. The van der Waals surface area contributed by atoms with E-state index in [1.54, 1.807) is 0 Å². The second-order valence-electron chi connectivity index (χ2n) is 11.1. The number of carbonyl (C=O) groups excluding carboxylic acids is 1. The largest absolute Gasteiger partial charge is 0.477 e. The van der Waals surface area contributed by atoms with Gasteiger partial charge in [0.15, 0.2) is 5.82 Å². The van der Waals surface area contributed by atoms with E-state index in [0.29, 0.717) is 24.4 Å². The molecular formula is C29H38N6O3. The first-order valence-electron chi connectivity index (χ1n) is 14.0. The average molecular weight is 519 g/mol. The van der Waals surface area contributed by atoms with E-state index < -0.39 is 0 Å². The Morgan fingerprint density at radius 1 is 1.16 bits per heavy atom. The number of ether oxygens (including phenoxy) is 1. The summed E-state index contributed by atoms with van der Waals surface area (Å²) in [6, 6.07) is 4.75. The summed E-state index contributed by atoms with van der Waals surface area (Å²) in [5, 5.41) is 4.07. The lowest BCUT2D eigenvalue weighted by Crippen LogP contribution is -2.42. The topological polar surface area (TPSA) is 89.0 Å². The molecule has 9 heteroatoms. The Kier molecular flexibility index (Phi) is 8.26. The van der Waals surface area contributed by atoms with Gasteiger partial charge in [-0.1, -0.05) is 25.1 Å². The quantitative estimate of drug-likeness (QED) is 0.478. The van der Waals surface area contributed by atoms with Crippen LogP contribution in [0.4, 0.5) is 6.01 Å². The predicted octanol–water partition coefficient (Wildman–Crippen LogP) is 4.98. The summed E-state index contributed by atoms with van der Waals surface area (Å²) in [5.74, 6) is 2.46. The van der Waals surface area contributed by atoms with Crippen molar-refractivity contribution < 1.29 is 14.1 Å². The van der Waals surface area contributed by atoms with Gasteiger partial charge in [-0.3, -0.25) is 4.79 Å². The molecular weight excluding hydrogens is 480 g/mol. The molecule has 0 radical (unpaired) electrons. The van der Waals surface area contributed by atoms with Crippen molar-refractivity contribution in [2.75, 3.05) is 37.7 Å². The van der Waals surface area contributed by atoms with Gasteiger partial charge < -0.3 is 23.9 Å². The molecule has 0 N–H and O–H groups in total. The highest BCUT2D eigenvalue weighted by Crippen LogP contribution is 2.32. The Bertz CT molecular complexity index is 1150. The van der Waals surface area contributed by atoms with Gasteiger partial charge in [-0.15, -0.1) is 0 Å². The van der Waals surface area contributed by atoms with E-state index in [9.17, 15) is 4.79 Å². The first-order chi connectivity index (χ1) is 18.5. The first-order valence-corrected chi connectivity index (χ1v) is 14.0. The zero-order valence-corrected chi connectivity index (χ0v) is 22.5. The maximum Gasteiger partial charge on any atom is 0.324 e. The molecule has 9 nitrogen and oxygen atoms in total. The Balaban J connectivity index is 1.05. The number of allylic oxidation sites excluding steroid dienone is 2. The molecule has 1 unspecified atom stereocenters. The van der Waals surface area contributed by atoms with E-state index in [2.05, 4.69) is 50.9 Å². The van der Waals surface area contributed by atoms with Crippen LogP contribution in [0.25, 0.3) is 10.4 Å². The third-order valence-corrected chi connectivity index (χ3v) is 8.13. The fourth-order valence-corrected chi connectivity index (χ4v) is 5.53. The minimum atomic E-state index is 0.0577. The van der Waals surface area contributed by atoms with E-state index in [4.69, 9.17) is 15.8 Å². The zero-order valence-electron chi connectivity index (χ0n) is 22.5. The standard InChI is InChI=1S/C29H38N6O3/c1-20(2)27-32-29(38-33-27)35-14-10-21(11-15-35)19-37-26-9-8-24(18-31-26)22-4-6-23(7-5-22)28(36)34-16-12-25(30-3)13-17-34/h4,8-9,18,20-21,23,25H,5-7,10-17,19H2,1-2H3. The van der Waals surface area contributed by atoms with E-state index >= 15 is 0 Å². The minimum absolute atomic E-state index is 0.0577. The van der Waals surface area contributed by atoms with Crippen LogP contribution in [-0.4, -0.2) is 64.8 Å². The lowest BCUT2D eigenvalue weighted by molar-refractivity contribution is -0.136. The third kappa shape index (κ3) is 6.17. The van der Waals surface area contributed by atoms with Crippen molar-refractivity contribution in [2.45, 2.75) is 70.8 Å². The van der Waals surface area contributed by atoms with Crippen molar-refractivity contribution >= 4 is 17.5 Å². The lowest BCUT2D eigenvalue weighted by Gasteiger charge is -2.32. The van der Waals surface area contributed by atoms with Gasteiger partial charge in [-0.05, 0) is 55.2 Å². The number of rotatable bonds is 7. The van der Waals surface area contributed by atoms with Crippen LogP contribution < -0.4 is 9.64 Å². The maximum absolute atomic E-state index is 12.9. The highest BCUT2D eigenvalue weighted by Gasteiger charge is 2.31. The number of anilines is 1. The normalized spacial score (nSPS) is 21.3. The molecule has 2 saturated heterocycles. The molecule has 2 aliphatic heterocycles. The number of aromatic nitrogens is 3. The van der Waals surface area contributed by atoms with Gasteiger partial charge in [0.05, 0.1) is 6.61 Å². The molecule has 202 valence electrons. The second kappa shape index (κ2) is 12.0. The van der Waals surface area contributed by atoms with E-state index in [-0.39, 0.29) is 23.8 Å². The van der Waals surface area contributed by atoms with Crippen LogP contribution in [-0.2, 0) is 4.79 Å². The highest BCUT2D eigenvalue weighted by molar-refractivity contribution is 5.80. The summed E-state index contributed by atoms with van der Waals surface area (Å²) in [5.41, 5.74) is 2.36. The van der Waals surface area contributed by atoms with Crippen LogP contribution in [0.2, 0.25) is 0 Å². The van der Waals surface area contributed by atoms with Gasteiger partial charge in [-0.2, -0.15) is 4.98 Å². The van der Waals surface area contributed by atoms with Crippen LogP contribution in [0.3, 0.4) is 0 Å². The minimum Gasteiger partial charge on any atom is -0.477 e. The summed E-state index contributed by atoms with van der Waals surface area (Å²) in [4.78, 5) is 29.8. The van der Waals surface area contributed by atoms with Crippen molar-refractivity contribution in [1.29, 1.82) is 0 Å². The maximum atomic E-state index is 12.9. The first kappa shape index (κ1) is 26.2. The van der Waals surface area contributed by atoms with Gasteiger partial charge in [0.2, 0.25) is 17.8 Å². The number of nitrogens with zero attached hydrogens (tertiary/aromatic N) is 6. The predicted molar refractivity (Wildman–Crippen MR) is 145 cm³/mol. The zero-order chi connectivity index (χ0) is 26.5. The number of likely N-dealkylation sites (tertiary alicyclic amines) is 1. The van der Waals surface area contributed by atoms with E-state index in [1.807, 2.05) is 17.2 Å². The molecule has 38 heavy (non-hydrogen) atoms. The van der Waals surface area contributed by atoms with E-state index in [1.165, 1.54) is 5.57 Å². The summed E-state index contributed by atoms with van der Waals surface area (Å²) < 4.78 is 11.5. The second-order valence-corrected chi connectivity index (χ2v) is 11.1. The molecule has 5 rings (SSSR count). The van der Waals surface area contributed by atoms with Gasteiger partial charge in [0.25, 0.3) is 0 Å². The van der Waals surface area contributed by atoms with Crippen molar-refractivity contribution in [3.05, 3.63) is 47.2 Å². The van der Waals surface area contributed by atoms with Gasteiger partial charge in [0.1, 0.15) is 0 Å². The average Bonchev–Trinajstić information content (AvgIpc) is 3.47. The third-order valence-electron chi connectivity index (χ3n) is 8.13. The SMILES string of the molecule is [C-]#[N+]C1CCN(C(=O)C2CC=C(c3ccc(OCC4CCN(c5nc(C(C)C)no5)CC4)nc3)CC2)CC1. The summed E-state index contributed by atoms with van der Waals surface area (Å²) in [7, 11) is 0. The molecule has 4 heterocycles. The monoisotopic (exact) mass is 518 g/mol. The molecule has 0 spiro atoms. The fourth-order valence-electron chi connectivity index (χ4n) is 5.53. The van der Waals surface area contributed by atoms with Gasteiger partial charge in [0, 0.05) is 63.1 Å². The Labute approximate surface area is 225 Å². The number of carbonyl (C=O) groups is 1. The number of hydrogen-bond acceptors (Lipinski definition) is 7. The van der Waals surface area contributed by atoms with Crippen LogP contribution in [0.5, 0.6) is 5.88 Å². The van der Waals surface area contributed by atoms with Crippen molar-refractivity contribution in [1.82, 2.24) is 20.0 Å². The van der Waals surface area contributed by atoms with Gasteiger partial charge in [-0.25, -0.2) is 11.6 Å². The molecule has 0 saturated carbocycles. The number of pyridine rings is 1. The molecule has 1 aliphatic carbocycles. The van der Waals surface area contributed by atoms with Crippen LogP contribution in [0.15, 0.2) is 28.9 Å². The summed E-state index contributed by atoms with van der Waals surface area (Å²) >= 11 is 0. The Hall–Kier alpha value is -3.41. The van der Waals surface area contributed by atoms with Crippen molar-refractivity contribution in [3.8, 4) is 5.88 Å². The molecule has 2 aromatic rings. The summed E-state index contributed by atoms with van der Waals surface area (Å²) in [6.45, 7) is 15.2. The molecule has 2 fully saturated rings. The molecule has 1 atom stereocenters. The Morgan fingerprint density at radius 3 is 2.55 bits per heavy atom. The molecule has 2 aromatic heterocycles. The smallest absolute Gasteiger partial charge is 0.324 e.